The summed E-state index contributed by atoms with van der Waals surface area (Å²) >= 11 is 6.24. The second kappa shape index (κ2) is 9.89. The van der Waals surface area contributed by atoms with Crippen LogP contribution in [-0.2, 0) is 15.5 Å². The summed E-state index contributed by atoms with van der Waals surface area (Å²) < 4.78 is 39.7. The molecule has 8 nitrogen and oxygen atoms in total. The van der Waals surface area contributed by atoms with E-state index in [9.17, 15) is 23.5 Å². The van der Waals surface area contributed by atoms with E-state index in [1.807, 2.05) is 13.0 Å². The fraction of sp³-hybridized carbons (Fsp3) is 0.462. The predicted octanol–water partition coefficient (Wildman–Crippen LogP) is 6.65. The van der Waals surface area contributed by atoms with Crippen molar-refractivity contribution < 1.29 is 32.5 Å². The number of carbonyl (C=O) groups is 2. The third kappa shape index (κ3) is 5.53. The maximum atomic E-state index is 14.5. The summed E-state index contributed by atoms with van der Waals surface area (Å²) in [5.74, 6) is -6.03. The lowest BCUT2D eigenvalue weighted by Gasteiger charge is -2.16. The van der Waals surface area contributed by atoms with E-state index in [2.05, 4.69) is 15.6 Å². The highest BCUT2D eigenvalue weighted by molar-refractivity contribution is 6.33. The van der Waals surface area contributed by atoms with Gasteiger partial charge in [-0.05, 0) is 62.6 Å². The van der Waals surface area contributed by atoms with Gasteiger partial charge in [-0.3, -0.25) is 9.59 Å². The van der Waals surface area contributed by atoms with Crippen molar-refractivity contribution >= 4 is 29.2 Å². The van der Waals surface area contributed by atoms with E-state index in [0.29, 0.717) is 34.8 Å². The van der Waals surface area contributed by atoms with Crippen LogP contribution >= 0.6 is 11.6 Å². The van der Waals surface area contributed by atoms with Crippen molar-refractivity contribution in [2.45, 2.75) is 69.6 Å². The number of rotatable bonds is 11. The maximum absolute atomic E-state index is 14.5. The van der Waals surface area contributed by atoms with Crippen LogP contribution in [0.3, 0.4) is 0 Å². The fourth-order valence-corrected chi connectivity index (χ4v) is 4.80. The molecule has 2 aliphatic carbocycles. The van der Waals surface area contributed by atoms with Crippen LogP contribution in [0.25, 0.3) is 11.5 Å². The van der Waals surface area contributed by atoms with Gasteiger partial charge < -0.3 is 19.5 Å². The minimum atomic E-state index is -3.10. The smallest absolute Gasteiger partial charge is 0.310 e. The van der Waals surface area contributed by atoms with Gasteiger partial charge in [-0.1, -0.05) is 28.0 Å². The van der Waals surface area contributed by atoms with Crippen molar-refractivity contribution in [2.24, 2.45) is 5.92 Å². The van der Waals surface area contributed by atoms with Crippen LogP contribution < -0.4 is 5.32 Å². The summed E-state index contributed by atoms with van der Waals surface area (Å²) in [6.45, 7) is 1.88. The lowest BCUT2D eigenvalue weighted by Crippen LogP contribution is -2.17. The van der Waals surface area contributed by atoms with Crippen LogP contribution in [0.2, 0.25) is 5.02 Å². The largest absolute Gasteiger partial charge is 0.481 e. The number of carboxylic acid groups (broad SMARTS) is 1. The Morgan fingerprint density at radius 3 is 2.59 bits per heavy atom. The van der Waals surface area contributed by atoms with Gasteiger partial charge in [0.05, 0.1) is 16.4 Å². The molecule has 0 radical (unpaired) electrons. The second-order valence-corrected chi connectivity index (χ2v) is 10.3. The number of nitrogens with zero attached hydrogens (tertiary/aromatic N) is 2. The van der Waals surface area contributed by atoms with E-state index < -0.39 is 29.5 Å². The molecule has 11 heteroatoms. The Labute approximate surface area is 216 Å². The summed E-state index contributed by atoms with van der Waals surface area (Å²) in [5, 5.41) is 20.5. The highest BCUT2D eigenvalue weighted by Gasteiger charge is 2.51. The Hall–Kier alpha value is -3.27. The van der Waals surface area contributed by atoms with Gasteiger partial charge in [-0.15, -0.1) is 0 Å². The average Bonchev–Trinajstić information content (AvgIpc) is 3.77. The van der Waals surface area contributed by atoms with E-state index in [1.165, 1.54) is 6.07 Å². The molecular weight excluding hydrogens is 508 g/mol. The van der Waals surface area contributed by atoms with Crippen LogP contribution in [0.15, 0.2) is 33.3 Å². The third-order valence-electron chi connectivity index (χ3n) is 6.83. The predicted molar refractivity (Wildman–Crippen MR) is 130 cm³/mol. The summed E-state index contributed by atoms with van der Waals surface area (Å²) in [5.41, 5.74) is 2.62. The van der Waals surface area contributed by atoms with E-state index in [1.54, 1.807) is 12.1 Å². The topological polar surface area (TPSA) is 118 Å². The van der Waals surface area contributed by atoms with Gasteiger partial charge in [0, 0.05) is 36.3 Å². The molecule has 2 aromatic heterocycles. The molecule has 0 unspecified atom stereocenters. The molecule has 5 rings (SSSR count). The van der Waals surface area contributed by atoms with Crippen LogP contribution in [-0.4, -0.2) is 27.3 Å². The fourth-order valence-electron chi connectivity index (χ4n) is 4.52. The number of carbonyl (C=O) groups excluding carboxylic acids is 1. The standard InChI is InChI=1S/C26H26ClF2N3O5/c1-13-2-8-18(17(27)10-13)30-21(33)11-15(5-9-22(34)35)24-23(14-3-4-14)25(37-32-24)19-12-20(36-31-19)26(28,29)16-6-7-16/h2,8,10,12,14-16H,3-7,9,11H2,1H3,(H,30,33)(H,34,35)/t15-/m0/s1. The number of hydrogen-bond donors (Lipinski definition) is 2. The molecule has 2 saturated carbocycles. The lowest BCUT2D eigenvalue weighted by molar-refractivity contribution is -0.137. The molecule has 2 heterocycles. The van der Waals surface area contributed by atoms with E-state index in [-0.39, 0.29) is 42.5 Å². The molecule has 1 aromatic carbocycles. The first-order chi connectivity index (χ1) is 17.6. The number of alkyl halides is 2. The number of amides is 1. The highest BCUT2D eigenvalue weighted by atomic mass is 35.5. The minimum Gasteiger partial charge on any atom is -0.481 e. The number of nitrogens with one attached hydrogen (secondary N) is 1. The zero-order chi connectivity index (χ0) is 26.3. The normalized spacial score (nSPS) is 16.5. The lowest BCUT2D eigenvalue weighted by atomic mass is 9.90. The van der Waals surface area contributed by atoms with Crippen LogP contribution in [0.4, 0.5) is 14.5 Å². The van der Waals surface area contributed by atoms with E-state index in [0.717, 1.165) is 18.4 Å². The van der Waals surface area contributed by atoms with Crippen molar-refractivity contribution in [2.75, 3.05) is 5.32 Å². The molecule has 0 bridgehead atoms. The monoisotopic (exact) mass is 533 g/mol. The minimum absolute atomic E-state index is 0.0577. The van der Waals surface area contributed by atoms with Gasteiger partial charge in [0.2, 0.25) is 11.7 Å². The summed E-state index contributed by atoms with van der Waals surface area (Å²) in [4.78, 5) is 24.3. The molecule has 0 spiro atoms. The summed E-state index contributed by atoms with van der Waals surface area (Å²) in [6, 6.07) is 6.43. The Kier molecular flexibility index (Phi) is 6.78. The Morgan fingerprint density at radius 1 is 1.19 bits per heavy atom. The number of hydrogen-bond acceptors (Lipinski definition) is 6. The number of aryl methyl sites for hydroxylation is 1. The number of aromatic nitrogens is 2. The molecule has 196 valence electrons. The first-order valence-electron chi connectivity index (χ1n) is 12.3. The van der Waals surface area contributed by atoms with Gasteiger partial charge in [-0.2, -0.15) is 8.78 Å². The molecule has 37 heavy (non-hydrogen) atoms. The molecule has 2 aliphatic rings. The molecule has 0 saturated heterocycles. The Morgan fingerprint density at radius 2 is 1.95 bits per heavy atom. The van der Waals surface area contributed by atoms with Crippen molar-refractivity contribution in [1.29, 1.82) is 0 Å². The SMILES string of the molecule is Cc1ccc(NC(=O)C[C@H](CCC(=O)O)c2noc(-c3cc(C(F)(F)C4CC4)on3)c2C2CC2)c(Cl)c1. The zero-order valence-corrected chi connectivity index (χ0v) is 20.9. The van der Waals surface area contributed by atoms with Gasteiger partial charge in [0.15, 0.2) is 11.5 Å². The molecule has 3 aromatic rings. The number of anilines is 1. The van der Waals surface area contributed by atoms with Crippen molar-refractivity contribution in [3.63, 3.8) is 0 Å². The highest BCUT2D eigenvalue weighted by Crippen LogP contribution is 2.52. The average molecular weight is 534 g/mol. The van der Waals surface area contributed by atoms with E-state index >= 15 is 0 Å². The van der Waals surface area contributed by atoms with Crippen molar-refractivity contribution in [1.82, 2.24) is 10.3 Å². The van der Waals surface area contributed by atoms with Crippen LogP contribution in [0.5, 0.6) is 0 Å². The van der Waals surface area contributed by atoms with Crippen LogP contribution in [0, 0.1) is 12.8 Å². The number of aliphatic carboxylic acids is 1. The number of benzene rings is 1. The Bertz CT molecular complexity index is 1330. The van der Waals surface area contributed by atoms with Crippen LogP contribution in [0.1, 0.15) is 79.4 Å². The molecule has 2 N–H and O–H groups in total. The molecule has 1 amide bonds. The summed E-state index contributed by atoms with van der Waals surface area (Å²) in [6.07, 6.45) is 2.43. The molecule has 2 fully saturated rings. The quantitative estimate of drug-likeness (QED) is 0.283. The van der Waals surface area contributed by atoms with Gasteiger partial charge in [0.25, 0.3) is 0 Å². The molecule has 1 atom stereocenters. The molecular formula is C26H26ClF2N3O5. The van der Waals surface area contributed by atoms with Crippen molar-refractivity contribution in [3.8, 4) is 11.5 Å². The summed E-state index contributed by atoms with van der Waals surface area (Å²) in [7, 11) is 0. The van der Waals surface area contributed by atoms with Crippen molar-refractivity contribution in [3.05, 3.63) is 51.9 Å². The first kappa shape index (κ1) is 25.4. The number of carboxylic acids is 1. The second-order valence-electron chi connectivity index (χ2n) is 9.92. The van der Waals surface area contributed by atoms with E-state index in [4.69, 9.17) is 20.6 Å². The Balaban J connectivity index is 1.42. The van der Waals surface area contributed by atoms with Gasteiger partial charge in [-0.25, -0.2) is 0 Å². The number of halogens is 3. The van der Waals surface area contributed by atoms with Gasteiger partial charge >= 0.3 is 11.9 Å². The first-order valence-corrected chi connectivity index (χ1v) is 12.6. The maximum Gasteiger partial charge on any atom is 0.310 e. The zero-order valence-electron chi connectivity index (χ0n) is 20.1. The molecule has 0 aliphatic heterocycles. The third-order valence-corrected chi connectivity index (χ3v) is 7.14. The van der Waals surface area contributed by atoms with Gasteiger partial charge in [0.1, 0.15) is 0 Å².